The number of rotatable bonds is 5. The SMILES string of the molecule is CC12CCC(=O)N1C(C(=O)Nc1ccc(OCc3ccccc3)cc1)CS2. The van der Waals surface area contributed by atoms with Gasteiger partial charge in [-0.15, -0.1) is 11.8 Å². The first-order chi connectivity index (χ1) is 13.0. The molecule has 2 atom stereocenters. The number of hydrogen-bond donors (Lipinski definition) is 1. The molecule has 27 heavy (non-hydrogen) atoms. The van der Waals surface area contributed by atoms with E-state index in [0.717, 1.165) is 17.7 Å². The van der Waals surface area contributed by atoms with Gasteiger partial charge in [-0.3, -0.25) is 9.59 Å². The molecule has 0 spiro atoms. The molecule has 0 radical (unpaired) electrons. The third-order valence-corrected chi connectivity index (χ3v) is 6.62. The second-order valence-corrected chi connectivity index (χ2v) is 8.55. The van der Waals surface area contributed by atoms with Crippen molar-refractivity contribution < 1.29 is 14.3 Å². The van der Waals surface area contributed by atoms with E-state index in [4.69, 9.17) is 4.74 Å². The largest absolute Gasteiger partial charge is 0.489 e. The van der Waals surface area contributed by atoms with Crippen LogP contribution < -0.4 is 10.1 Å². The molecular weight excluding hydrogens is 360 g/mol. The predicted octanol–water partition coefficient (Wildman–Crippen LogP) is 3.66. The maximum atomic E-state index is 12.7. The van der Waals surface area contributed by atoms with E-state index in [9.17, 15) is 9.59 Å². The summed E-state index contributed by atoms with van der Waals surface area (Å²) in [7, 11) is 0. The van der Waals surface area contributed by atoms with Crippen LogP contribution in [-0.2, 0) is 16.2 Å². The van der Waals surface area contributed by atoms with Crippen molar-refractivity contribution in [2.24, 2.45) is 0 Å². The monoisotopic (exact) mass is 382 g/mol. The second kappa shape index (κ2) is 7.27. The number of ether oxygens (including phenoxy) is 1. The van der Waals surface area contributed by atoms with Crippen LogP contribution in [0.3, 0.4) is 0 Å². The highest BCUT2D eigenvalue weighted by atomic mass is 32.2. The van der Waals surface area contributed by atoms with Gasteiger partial charge in [0, 0.05) is 17.9 Å². The molecule has 1 N–H and O–H groups in total. The summed E-state index contributed by atoms with van der Waals surface area (Å²) in [6.45, 7) is 2.55. The number of nitrogens with one attached hydrogen (secondary N) is 1. The number of carbonyl (C=O) groups excluding carboxylic acids is 2. The van der Waals surface area contributed by atoms with Crippen LogP contribution in [0.25, 0.3) is 0 Å². The lowest BCUT2D eigenvalue weighted by Gasteiger charge is -2.29. The van der Waals surface area contributed by atoms with Crippen LogP contribution in [0.2, 0.25) is 0 Å². The molecule has 2 aliphatic rings. The number of amides is 2. The number of anilines is 1. The third kappa shape index (κ3) is 3.67. The Morgan fingerprint density at radius 2 is 1.96 bits per heavy atom. The molecule has 2 aliphatic heterocycles. The maximum Gasteiger partial charge on any atom is 0.248 e. The summed E-state index contributed by atoms with van der Waals surface area (Å²) in [5.74, 6) is 1.34. The third-order valence-electron chi connectivity index (χ3n) is 5.12. The molecule has 2 saturated heterocycles. The zero-order chi connectivity index (χ0) is 18.9. The van der Waals surface area contributed by atoms with Crippen LogP contribution >= 0.6 is 11.8 Å². The lowest BCUT2D eigenvalue weighted by Crippen LogP contribution is -2.48. The topological polar surface area (TPSA) is 58.6 Å². The fraction of sp³-hybridized carbons (Fsp3) is 0.333. The normalized spacial score (nSPS) is 24.0. The van der Waals surface area contributed by atoms with E-state index in [-0.39, 0.29) is 16.7 Å². The molecule has 0 saturated carbocycles. The van der Waals surface area contributed by atoms with E-state index in [1.807, 2.05) is 54.6 Å². The standard InChI is InChI=1S/C21H22N2O3S/c1-21-12-11-19(24)23(21)18(14-27-21)20(25)22-16-7-9-17(10-8-16)26-13-15-5-3-2-4-6-15/h2-10,18H,11-14H2,1H3,(H,22,25). The average molecular weight is 382 g/mol. The Hall–Kier alpha value is -2.47. The van der Waals surface area contributed by atoms with Crippen LogP contribution in [-0.4, -0.2) is 33.4 Å². The lowest BCUT2D eigenvalue weighted by molar-refractivity contribution is -0.135. The summed E-state index contributed by atoms with van der Waals surface area (Å²) in [6, 6.07) is 16.9. The number of nitrogens with zero attached hydrogens (tertiary/aromatic N) is 1. The average Bonchev–Trinajstić information content (AvgIpc) is 3.18. The van der Waals surface area contributed by atoms with Crippen molar-refractivity contribution in [3.8, 4) is 5.75 Å². The Labute approximate surface area is 163 Å². The molecule has 0 aliphatic carbocycles. The van der Waals surface area contributed by atoms with Crippen molar-refractivity contribution in [1.29, 1.82) is 0 Å². The van der Waals surface area contributed by atoms with Gasteiger partial charge in [0.25, 0.3) is 0 Å². The highest BCUT2D eigenvalue weighted by Gasteiger charge is 2.52. The first-order valence-corrected chi connectivity index (χ1v) is 10.1. The molecule has 2 aromatic carbocycles. The Kier molecular flexibility index (Phi) is 4.83. The molecule has 0 aromatic heterocycles. The Balaban J connectivity index is 1.36. The van der Waals surface area contributed by atoms with Crippen molar-refractivity contribution in [3.05, 3.63) is 60.2 Å². The van der Waals surface area contributed by atoms with Gasteiger partial charge in [0.05, 0.1) is 4.87 Å². The molecule has 140 valence electrons. The van der Waals surface area contributed by atoms with E-state index < -0.39 is 6.04 Å². The summed E-state index contributed by atoms with van der Waals surface area (Å²) < 4.78 is 5.77. The Morgan fingerprint density at radius 1 is 1.22 bits per heavy atom. The molecule has 2 aromatic rings. The van der Waals surface area contributed by atoms with Gasteiger partial charge in [0.2, 0.25) is 11.8 Å². The molecule has 2 amide bonds. The fourth-order valence-electron chi connectivity index (χ4n) is 3.62. The Morgan fingerprint density at radius 3 is 2.70 bits per heavy atom. The molecule has 4 rings (SSSR count). The van der Waals surface area contributed by atoms with Crippen molar-refractivity contribution in [2.75, 3.05) is 11.1 Å². The van der Waals surface area contributed by atoms with Gasteiger partial charge >= 0.3 is 0 Å². The lowest BCUT2D eigenvalue weighted by atomic mass is 10.2. The minimum absolute atomic E-state index is 0.0762. The van der Waals surface area contributed by atoms with Gasteiger partial charge in [-0.25, -0.2) is 0 Å². The summed E-state index contributed by atoms with van der Waals surface area (Å²) in [5, 5.41) is 2.93. The number of thioether (sulfide) groups is 1. The van der Waals surface area contributed by atoms with Crippen molar-refractivity contribution in [3.63, 3.8) is 0 Å². The molecule has 2 unspecified atom stereocenters. The molecule has 2 heterocycles. The van der Waals surface area contributed by atoms with Gasteiger partial charge in [0.15, 0.2) is 0 Å². The van der Waals surface area contributed by atoms with Gasteiger partial charge in [-0.2, -0.15) is 0 Å². The minimum atomic E-state index is -0.399. The number of hydrogen-bond acceptors (Lipinski definition) is 4. The molecule has 6 heteroatoms. The highest BCUT2D eigenvalue weighted by molar-refractivity contribution is 8.01. The van der Waals surface area contributed by atoms with Crippen LogP contribution in [0.5, 0.6) is 5.75 Å². The van der Waals surface area contributed by atoms with Gasteiger partial charge in [-0.1, -0.05) is 30.3 Å². The van der Waals surface area contributed by atoms with Crippen LogP contribution in [0, 0.1) is 0 Å². The minimum Gasteiger partial charge on any atom is -0.489 e. The van der Waals surface area contributed by atoms with Crippen molar-refractivity contribution in [2.45, 2.75) is 37.3 Å². The van der Waals surface area contributed by atoms with Crippen LogP contribution in [0.4, 0.5) is 5.69 Å². The predicted molar refractivity (Wildman–Crippen MR) is 107 cm³/mol. The van der Waals surface area contributed by atoms with Gasteiger partial charge in [-0.05, 0) is 43.2 Å². The number of carbonyl (C=O) groups is 2. The molecule has 2 fully saturated rings. The van der Waals surface area contributed by atoms with E-state index in [2.05, 4.69) is 12.2 Å². The van der Waals surface area contributed by atoms with Crippen molar-refractivity contribution in [1.82, 2.24) is 4.90 Å². The van der Waals surface area contributed by atoms with Gasteiger partial charge < -0.3 is 15.0 Å². The smallest absolute Gasteiger partial charge is 0.248 e. The van der Waals surface area contributed by atoms with Gasteiger partial charge in [0.1, 0.15) is 18.4 Å². The van der Waals surface area contributed by atoms with Crippen LogP contribution in [0.1, 0.15) is 25.3 Å². The molecule has 5 nitrogen and oxygen atoms in total. The quantitative estimate of drug-likeness (QED) is 0.857. The Bertz CT molecular complexity index is 840. The number of fused-ring (bicyclic) bond motifs is 1. The summed E-state index contributed by atoms with van der Waals surface area (Å²) >= 11 is 1.70. The van der Waals surface area contributed by atoms with Crippen LogP contribution in [0.15, 0.2) is 54.6 Å². The summed E-state index contributed by atoms with van der Waals surface area (Å²) in [4.78, 5) is 26.4. The highest BCUT2D eigenvalue weighted by Crippen LogP contribution is 2.47. The summed E-state index contributed by atoms with van der Waals surface area (Å²) in [6.07, 6.45) is 1.34. The first kappa shape index (κ1) is 17.9. The number of benzene rings is 2. The van der Waals surface area contributed by atoms with Crippen molar-refractivity contribution >= 4 is 29.3 Å². The summed E-state index contributed by atoms with van der Waals surface area (Å²) in [5.41, 5.74) is 1.81. The first-order valence-electron chi connectivity index (χ1n) is 9.09. The van der Waals surface area contributed by atoms with E-state index in [1.54, 1.807) is 16.7 Å². The zero-order valence-corrected chi connectivity index (χ0v) is 16.0. The van der Waals surface area contributed by atoms with E-state index in [1.165, 1.54) is 0 Å². The molecular formula is C21H22N2O3S. The van der Waals surface area contributed by atoms with E-state index in [0.29, 0.717) is 24.5 Å². The maximum absolute atomic E-state index is 12.7. The zero-order valence-electron chi connectivity index (χ0n) is 15.2. The molecule has 0 bridgehead atoms. The second-order valence-electron chi connectivity index (χ2n) is 7.05. The van der Waals surface area contributed by atoms with E-state index >= 15 is 0 Å². The fourth-order valence-corrected chi connectivity index (χ4v) is 5.05.